The number of hydrogen-bond donors (Lipinski definition) is 1. The molecule has 0 aromatic heterocycles. The fourth-order valence-electron chi connectivity index (χ4n) is 2.30. The number of hydrogen-bond acceptors (Lipinski definition) is 2. The first kappa shape index (κ1) is 14.6. The van der Waals surface area contributed by atoms with Gasteiger partial charge in [-0.15, -0.1) is 0 Å². The van der Waals surface area contributed by atoms with E-state index < -0.39 is 0 Å². The zero-order valence-corrected chi connectivity index (χ0v) is 12.7. The van der Waals surface area contributed by atoms with Gasteiger partial charge in [0.25, 0.3) is 0 Å². The average molecular weight is 269 g/mol. The summed E-state index contributed by atoms with van der Waals surface area (Å²) in [5.74, 6) is 0.905. The summed E-state index contributed by atoms with van der Waals surface area (Å²) in [5, 5.41) is 3.58. The molecule has 0 spiro atoms. The van der Waals surface area contributed by atoms with E-state index in [-0.39, 0.29) is 0 Å². The van der Waals surface area contributed by atoms with Crippen molar-refractivity contribution in [2.75, 3.05) is 7.11 Å². The van der Waals surface area contributed by atoms with Crippen LogP contribution < -0.4 is 10.1 Å². The van der Waals surface area contributed by atoms with Crippen molar-refractivity contribution in [2.45, 2.75) is 33.4 Å². The molecular weight excluding hydrogens is 246 g/mol. The summed E-state index contributed by atoms with van der Waals surface area (Å²) in [5.41, 5.74) is 5.32. The van der Waals surface area contributed by atoms with Gasteiger partial charge in [0.15, 0.2) is 0 Å². The molecule has 0 heterocycles. The fraction of sp³-hybridized carbons (Fsp3) is 0.333. The van der Waals surface area contributed by atoms with Crippen molar-refractivity contribution in [1.29, 1.82) is 0 Å². The Balaban J connectivity index is 2.04. The maximum atomic E-state index is 5.27. The van der Waals surface area contributed by atoms with E-state index in [1.165, 1.54) is 22.3 Å². The third kappa shape index (κ3) is 3.40. The molecule has 0 aliphatic heterocycles. The molecule has 0 saturated heterocycles. The second kappa shape index (κ2) is 6.58. The highest BCUT2D eigenvalue weighted by molar-refractivity contribution is 5.34. The summed E-state index contributed by atoms with van der Waals surface area (Å²) < 4.78 is 5.27. The van der Waals surface area contributed by atoms with Crippen LogP contribution in [0.25, 0.3) is 0 Å². The number of rotatable bonds is 5. The molecule has 0 unspecified atom stereocenters. The maximum Gasteiger partial charge on any atom is 0.119 e. The summed E-state index contributed by atoms with van der Waals surface area (Å²) in [6, 6.07) is 15.0. The third-order valence-corrected chi connectivity index (χ3v) is 3.91. The van der Waals surface area contributed by atoms with Gasteiger partial charge < -0.3 is 10.1 Å². The van der Waals surface area contributed by atoms with Crippen LogP contribution in [-0.4, -0.2) is 7.11 Å². The van der Waals surface area contributed by atoms with Gasteiger partial charge >= 0.3 is 0 Å². The van der Waals surface area contributed by atoms with Crippen molar-refractivity contribution in [3.63, 3.8) is 0 Å². The van der Waals surface area contributed by atoms with E-state index in [0.717, 1.165) is 12.3 Å². The summed E-state index contributed by atoms with van der Waals surface area (Å²) in [4.78, 5) is 0. The van der Waals surface area contributed by atoms with Crippen molar-refractivity contribution in [3.8, 4) is 5.75 Å². The first-order valence-electron chi connectivity index (χ1n) is 7.04. The van der Waals surface area contributed by atoms with E-state index in [9.17, 15) is 0 Å². The molecule has 0 aliphatic rings. The van der Waals surface area contributed by atoms with E-state index >= 15 is 0 Å². The first-order chi connectivity index (χ1) is 9.61. The van der Waals surface area contributed by atoms with Crippen LogP contribution in [0.15, 0.2) is 42.5 Å². The molecular formula is C18H23NO. The topological polar surface area (TPSA) is 21.3 Å². The molecule has 0 saturated carbocycles. The summed E-state index contributed by atoms with van der Waals surface area (Å²) >= 11 is 0. The lowest BCUT2D eigenvalue weighted by Gasteiger charge is -2.16. The minimum atomic E-state index is 0.296. The van der Waals surface area contributed by atoms with E-state index in [4.69, 9.17) is 4.74 Å². The Morgan fingerprint density at radius 2 is 1.85 bits per heavy atom. The Bertz CT molecular complexity index is 577. The van der Waals surface area contributed by atoms with Gasteiger partial charge in [-0.25, -0.2) is 0 Å². The highest BCUT2D eigenvalue weighted by Gasteiger charge is 2.07. The number of methoxy groups -OCH3 is 1. The molecule has 2 rings (SSSR count). The molecule has 2 heteroatoms. The van der Waals surface area contributed by atoms with Crippen LogP contribution in [0, 0.1) is 13.8 Å². The quantitative estimate of drug-likeness (QED) is 0.880. The molecule has 0 radical (unpaired) electrons. The van der Waals surface area contributed by atoms with Crippen LogP contribution in [0.1, 0.15) is 35.2 Å². The summed E-state index contributed by atoms with van der Waals surface area (Å²) in [6.07, 6.45) is 0. The fourth-order valence-corrected chi connectivity index (χ4v) is 2.30. The monoisotopic (exact) mass is 269 g/mol. The van der Waals surface area contributed by atoms with Gasteiger partial charge in [-0.3, -0.25) is 0 Å². The Morgan fingerprint density at radius 3 is 2.60 bits per heavy atom. The normalized spacial score (nSPS) is 12.2. The summed E-state index contributed by atoms with van der Waals surface area (Å²) in [6.45, 7) is 7.40. The second-order valence-electron chi connectivity index (χ2n) is 5.24. The zero-order chi connectivity index (χ0) is 14.5. The number of ether oxygens (including phenoxy) is 1. The molecule has 0 aliphatic carbocycles. The SMILES string of the molecule is COc1cccc([C@@H](C)NCc2cccc(C)c2C)c1. The molecule has 0 bridgehead atoms. The Morgan fingerprint density at radius 1 is 1.10 bits per heavy atom. The maximum absolute atomic E-state index is 5.27. The van der Waals surface area contributed by atoms with Crippen molar-refractivity contribution >= 4 is 0 Å². The first-order valence-corrected chi connectivity index (χ1v) is 7.04. The van der Waals surface area contributed by atoms with E-state index in [1.807, 2.05) is 12.1 Å². The summed E-state index contributed by atoms with van der Waals surface area (Å²) in [7, 11) is 1.70. The zero-order valence-electron chi connectivity index (χ0n) is 12.7. The predicted molar refractivity (Wildman–Crippen MR) is 84.2 cm³/mol. The Hall–Kier alpha value is -1.80. The molecule has 1 N–H and O–H groups in total. The largest absolute Gasteiger partial charge is 0.497 e. The minimum absolute atomic E-state index is 0.296. The van der Waals surface area contributed by atoms with Gasteiger partial charge in [0, 0.05) is 12.6 Å². The standard InChI is InChI=1S/C18H23NO/c1-13-7-5-9-17(14(13)2)12-19-15(3)16-8-6-10-18(11-16)20-4/h5-11,15,19H,12H2,1-4H3/t15-/m1/s1. The Labute approximate surface area is 121 Å². The van der Waals surface area contributed by atoms with Crippen molar-refractivity contribution in [1.82, 2.24) is 5.32 Å². The number of nitrogens with one attached hydrogen (secondary N) is 1. The molecule has 0 amide bonds. The van der Waals surface area contributed by atoms with E-state index in [1.54, 1.807) is 7.11 Å². The Kier molecular flexibility index (Phi) is 4.80. The number of benzene rings is 2. The van der Waals surface area contributed by atoms with Crippen molar-refractivity contribution in [3.05, 3.63) is 64.7 Å². The van der Waals surface area contributed by atoms with E-state index in [0.29, 0.717) is 6.04 Å². The van der Waals surface area contributed by atoms with Crippen LogP contribution in [-0.2, 0) is 6.54 Å². The van der Waals surface area contributed by atoms with Crippen LogP contribution in [0.2, 0.25) is 0 Å². The lowest BCUT2D eigenvalue weighted by atomic mass is 10.0. The molecule has 1 atom stereocenters. The van der Waals surface area contributed by atoms with Gasteiger partial charge in [-0.2, -0.15) is 0 Å². The van der Waals surface area contributed by atoms with E-state index in [2.05, 4.69) is 56.4 Å². The highest BCUT2D eigenvalue weighted by atomic mass is 16.5. The molecule has 20 heavy (non-hydrogen) atoms. The minimum Gasteiger partial charge on any atom is -0.497 e. The predicted octanol–water partition coefficient (Wildman–Crippen LogP) is 4.16. The van der Waals surface area contributed by atoms with Gasteiger partial charge in [-0.1, -0.05) is 30.3 Å². The molecule has 2 aromatic carbocycles. The van der Waals surface area contributed by atoms with Crippen LogP contribution in [0.3, 0.4) is 0 Å². The second-order valence-corrected chi connectivity index (χ2v) is 5.24. The van der Waals surface area contributed by atoms with Crippen LogP contribution in [0.4, 0.5) is 0 Å². The highest BCUT2D eigenvalue weighted by Crippen LogP contribution is 2.20. The molecule has 2 aromatic rings. The molecule has 2 nitrogen and oxygen atoms in total. The lowest BCUT2D eigenvalue weighted by Crippen LogP contribution is -2.18. The van der Waals surface area contributed by atoms with Gasteiger partial charge in [-0.05, 0) is 55.2 Å². The molecule has 106 valence electrons. The third-order valence-electron chi connectivity index (χ3n) is 3.91. The smallest absolute Gasteiger partial charge is 0.119 e. The van der Waals surface area contributed by atoms with Crippen LogP contribution >= 0.6 is 0 Å². The lowest BCUT2D eigenvalue weighted by molar-refractivity contribution is 0.413. The van der Waals surface area contributed by atoms with Crippen molar-refractivity contribution < 1.29 is 4.74 Å². The van der Waals surface area contributed by atoms with Gasteiger partial charge in [0.2, 0.25) is 0 Å². The number of aryl methyl sites for hydroxylation is 1. The molecule has 0 fully saturated rings. The van der Waals surface area contributed by atoms with Crippen LogP contribution in [0.5, 0.6) is 5.75 Å². The van der Waals surface area contributed by atoms with Crippen molar-refractivity contribution in [2.24, 2.45) is 0 Å². The van der Waals surface area contributed by atoms with Gasteiger partial charge in [0.1, 0.15) is 5.75 Å². The van der Waals surface area contributed by atoms with Gasteiger partial charge in [0.05, 0.1) is 7.11 Å². The average Bonchev–Trinajstić information content (AvgIpc) is 2.48.